The number of hydrogen-bond donors (Lipinski definition) is 0. The molecule has 0 radical (unpaired) electrons. The minimum absolute atomic E-state index is 0.162. The third-order valence-corrected chi connectivity index (χ3v) is 4.03. The Hall–Kier alpha value is -1.58. The van der Waals surface area contributed by atoms with Crippen molar-refractivity contribution in [2.75, 3.05) is 6.61 Å². The first kappa shape index (κ1) is 15.8. The van der Waals surface area contributed by atoms with Crippen LogP contribution >= 0.6 is 0 Å². The van der Waals surface area contributed by atoms with Crippen molar-refractivity contribution in [1.82, 2.24) is 0 Å². The molecule has 1 aliphatic rings. The van der Waals surface area contributed by atoms with Gasteiger partial charge in [-0.3, -0.25) is 0 Å². The van der Waals surface area contributed by atoms with Crippen molar-refractivity contribution in [3.8, 4) is 11.8 Å². The van der Waals surface area contributed by atoms with Crippen LogP contribution in [0.5, 0.6) is 5.75 Å². The van der Waals surface area contributed by atoms with Crippen LogP contribution in [-0.4, -0.2) is 24.9 Å². The Labute approximate surface area is 125 Å². The number of nitrogens with zero attached hydrogens (tertiary/aromatic N) is 1. The molecule has 1 aliphatic heterocycles. The average Bonchev–Trinajstić information content (AvgIpc) is 2.60. The molecule has 21 heavy (non-hydrogen) atoms. The second-order valence-corrected chi connectivity index (χ2v) is 6.00. The summed E-state index contributed by atoms with van der Waals surface area (Å²) in [7, 11) is -0.818. The Balaban J connectivity index is 2.42. The first-order valence-electron chi connectivity index (χ1n) is 6.94. The minimum Gasteiger partial charge on any atom is -0.493 e. The number of benzene rings is 1. The topological polar surface area (TPSA) is 51.5 Å². The fourth-order valence-electron chi connectivity index (χ4n) is 2.08. The summed E-state index contributed by atoms with van der Waals surface area (Å²) >= 11 is 0. The van der Waals surface area contributed by atoms with E-state index in [1.165, 1.54) is 6.07 Å². The van der Waals surface area contributed by atoms with Gasteiger partial charge in [-0.15, -0.1) is 0 Å². The second-order valence-electron chi connectivity index (χ2n) is 6.00. The third-order valence-electron chi connectivity index (χ3n) is 4.03. The molecule has 0 N–H and O–H groups in total. The number of hydrogen-bond acceptors (Lipinski definition) is 4. The van der Waals surface area contributed by atoms with Gasteiger partial charge in [0.05, 0.1) is 23.4 Å². The van der Waals surface area contributed by atoms with Crippen molar-refractivity contribution in [1.29, 1.82) is 5.26 Å². The summed E-state index contributed by atoms with van der Waals surface area (Å²) < 4.78 is 31.3. The fraction of sp³-hybridized carbons (Fsp3) is 0.533. The molecule has 0 aromatic heterocycles. The molecular formula is C15H19BFNO3. The molecule has 0 unspecified atom stereocenters. The van der Waals surface area contributed by atoms with E-state index in [1.807, 2.05) is 33.8 Å². The Morgan fingerprint density at radius 2 is 1.81 bits per heavy atom. The average molecular weight is 291 g/mol. The zero-order chi connectivity index (χ0) is 15.8. The van der Waals surface area contributed by atoms with Crippen molar-refractivity contribution in [2.45, 2.75) is 45.8 Å². The maximum atomic E-state index is 14.2. The molecular weight excluding hydrogens is 272 g/mol. The van der Waals surface area contributed by atoms with E-state index in [2.05, 4.69) is 0 Å². The first-order chi connectivity index (χ1) is 9.71. The molecule has 0 saturated carbocycles. The molecule has 1 saturated heterocycles. The van der Waals surface area contributed by atoms with Crippen LogP contribution in [0.3, 0.4) is 0 Å². The summed E-state index contributed by atoms with van der Waals surface area (Å²) in [6.07, 6.45) is 0. The SMILES string of the molecule is CCOc1cc(B2OC(C)(C)C(C)(C)O2)c(F)cc1C#N. The predicted octanol–water partition coefficient (Wildman–Crippen LogP) is 2.40. The Morgan fingerprint density at radius 1 is 1.24 bits per heavy atom. The van der Waals surface area contributed by atoms with Gasteiger partial charge in [-0.25, -0.2) is 4.39 Å². The van der Waals surface area contributed by atoms with E-state index < -0.39 is 24.1 Å². The van der Waals surface area contributed by atoms with E-state index in [-0.39, 0.29) is 11.0 Å². The first-order valence-corrected chi connectivity index (χ1v) is 6.94. The summed E-state index contributed by atoms with van der Waals surface area (Å²) in [6.45, 7) is 9.80. The molecule has 0 bridgehead atoms. The molecule has 4 nitrogen and oxygen atoms in total. The molecule has 112 valence electrons. The maximum absolute atomic E-state index is 14.2. The van der Waals surface area contributed by atoms with Crippen LogP contribution in [0.1, 0.15) is 40.2 Å². The lowest BCUT2D eigenvalue weighted by Crippen LogP contribution is -2.41. The number of rotatable bonds is 3. The van der Waals surface area contributed by atoms with Gasteiger partial charge < -0.3 is 14.0 Å². The highest BCUT2D eigenvalue weighted by atomic mass is 19.1. The fourth-order valence-corrected chi connectivity index (χ4v) is 2.08. The van der Waals surface area contributed by atoms with Crippen LogP contribution in [0.4, 0.5) is 4.39 Å². The Bertz CT molecular complexity index is 579. The van der Waals surface area contributed by atoms with Gasteiger partial charge in [-0.1, -0.05) is 0 Å². The normalized spacial score (nSPS) is 19.4. The highest BCUT2D eigenvalue weighted by Gasteiger charge is 2.52. The maximum Gasteiger partial charge on any atom is 0.497 e. The highest BCUT2D eigenvalue weighted by Crippen LogP contribution is 2.37. The molecule has 6 heteroatoms. The van der Waals surface area contributed by atoms with E-state index in [0.29, 0.717) is 12.4 Å². The van der Waals surface area contributed by atoms with Gasteiger partial charge in [0, 0.05) is 5.46 Å². The van der Waals surface area contributed by atoms with E-state index in [0.717, 1.165) is 6.07 Å². The zero-order valence-corrected chi connectivity index (χ0v) is 13.0. The van der Waals surface area contributed by atoms with Crippen molar-refractivity contribution >= 4 is 12.6 Å². The second kappa shape index (κ2) is 5.32. The van der Waals surface area contributed by atoms with Crippen molar-refractivity contribution < 1.29 is 18.4 Å². The predicted molar refractivity (Wildman–Crippen MR) is 78.0 cm³/mol. The number of ether oxygens (including phenoxy) is 1. The number of halogens is 1. The zero-order valence-electron chi connectivity index (χ0n) is 13.0. The summed E-state index contributed by atoms with van der Waals surface area (Å²) in [5.41, 5.74) is -0.696. The standard InChI is InChI=1S/C15H19BFNO3/c1-6-19-13-8-11(12(17)7-10(13)9-18)16-20-14(2,3)15(4,5)21-16/h7-8H,6H2,1-5H3. The molecule has 1 heterocycles. The van der Waals surface area contributed by atoms with Gasteiger partial charge in [-0.2, -0.15) is 5.26 Å². The van der Waals surface area contributed by atoms with Crippen molar-refractivity contribution in [3.63, 3.8) is 0 Å². The monoisotopic (exact) mass is 291 g/mol. The molecule has 0 atom stereocenters. The van der Waals surface area contributed by atoms with Gasteiger partial charge in [0.2, 0.25) is 0 Å². The molecule has 2 rings (SSSR count). The lowest BCUT2D eigenvalue weighted by molar-refractivity contribution is 0.00578. The Morgan fingerprint density at radius 3 is 2.29 bits per heavy atom. The smallest absolute Gasteiger partial charge is 0.493 e. The van der Waals surface area contributed by atoms with E-state index >= 15 is 0 Å². The van der Waals surface area contributed by atoms with E-state index in [1.54, 1.807) is 6.92 Å². The lowest BCUT2D eigenvalue weighted by atomic mass is 9.78. The summed E-state index contributed by atoms with van der Waals surface area (Å²) in [5, 5.41) is 9.03. The number of nitriles is 1. The lowest BCUT2D eigenvalue weighted by Gasteiger charge is -2.32. The molecule has 1 aromatic carbocycles. The van der Waals surface area contributed by atoms with Gasteiger partial charge in [0.25, 0.3) is 0 Å². The van der Waals surface area contributed by atoms with Crippen LogP contribution in [0.25, 0.3) is 0 Å². The van der Waals surface area contributed by atoms with Gasteiger partial charge in [0.15, 0.2) is 0 Å². The summed E-state index contributed by atoms with van der Waals surface area (Å²) in [4.78, 5) is 0. The van der Waals surface area contributed by atoms with Crippen LogP contribution in [0.15, 0.2) is 12.1 Å². The Kier molecular flexibility index (Phi) is 4.01. The molecule has 0 amide bonds. The van der Waals surface area contributed by atoms with Gasteiger partial charge in [-0.05, 0) is 46.8 Å². The highest BCUT2D eigenvalue weighted by molar-refractivity contribution is 6.62. The van der Waals surface area contributed by atoms with Crippen LogP contribution in [0, 0.1) is 17.1 Å². The van der Waals surface area contributed by atoms with Crippen LogP contribution < -0.4 is 10.2 Å². The van der Waals surface area contributed by atoms with E-state index in [4.69, 9.17) is 19.3 Å². The van der Waals surface area contributed by atoms with Crippen molar-refractivity contribution in [2.24, 2.45) is 0 Å². The van der Waals surface area contributed by atoms with Crippen LogP contribution in [-0.2, 0) is 9.31 Å². The molecule has 1 fully saturated rings. The third kappa shape index (κ3) is 2.76. The minimum atomic E-state index is -0.818. The van der Waals surface area contributed by atoms with Crippen LogP contribution in [0.2, 0.25) is 0 Å². The summed E-state index contributed by atoms with van der Waals surface area (Å²) in [5.74, 6) is -0.195. The summed E-state index contributed by atoms with van der Waals surface area (Å²) in [6, 6.07) is 4.57. The molecule has 0 spiro atoms. The molecule has 0 aliphatic carbocycles. The largest absolute Gasteiger partial charge is 0.497 e. The van der Waals surface area contributed by atoms with Gasteiger partial charge in [0.1, 0.15) is 17.6 Å². The van der Waals surface area contributed by atoms with E-state index in [9.17, 15) is 4.39 Å². The van der Waals surface area contributed by atoms with Gasteiger partial charge >= 0.3 is 7.12 Å². The quantitative estimate of drug-likeness (QED) is 0.802. The van der Waals surface area contributed by atoms with Crippen molar-refractivity contribution in [3.05, 3.63) is 23.5 Å². The molecule has 1 aromatic rings.